The quantitative estimate of drug-likeness (QED) is 0.610. The van der Waals surface area contributed by atoms with E-state index in [4.69, 9.17) is 0 Å². The molecule has 5 heteroatoms. The summed E-state index contributed by atoms with van der Waals surface area (Å²) in [5.74, 6) is -0.698. The largest absolute Gasteiger partial charge is 0.349 e. The number of ketones is 1. The minimum absolute atomic E-state index is 0.510. The van der Waals surface area contributed by atoms with Gasteiger partial charge in [-0.25, -0.2) is 0 Å². The summed E-state index contributed by atoms with van der Waals surface area (Å²) in [5.41, 5.74) is 1.52. The summed E-state index contributed by atoms with van der Waals surface area (Å²) >= 11 is 0. The molecule has 0 spiro atoms. The Bertz CT molecular complexity index is 552. The second-order valence-corrected chi connectivity index (χ2v) is 5.49. The Kier molecular flexibility index (Phi) is 4.73. The van der Waals surface area contributed by atoms with E-state index in [2.05, 4.69) is 5.32 Å². The van der Waals surface area contributed by atoms with E-state index in [0.717, 1.165) is 18.4 Å². The average molecular weight is 288 g/mol. The maximum absolute atomic E-state index is 12.1. The highest BCUT2D eigenvalue weighted by atomic mass is 16.2. The summed E-state index contributed by atoms with van der Waals surface area (Å²) in [6.07, 6.45) is 2.81. The number of para-hydroxylation sites is 1. The molecule has 1 atom stereocenters. The number of nitrogens with zero attached hydrogens (tertiary/aromatic N) is 1. The Morgan fingerprint density at radius 2 is 2.05 bits per heavy atom. The molecule has 1 aliphatic rings. The van der Waals surface area contributed by atoms with Gasteiger partial charge in [-0.15, -0.1) is 0 Å². The van der Waals surface area contributed by atoms with Crippen molar-refractivity contribution in [1.29, 1.82) is 0 Å². The van der Waals surface area contributed by atoms with Crippen molar-refractivity contribution in [2.75, 3.05) is 11.4 Å². The standard InChI is InChI=1S/C16H20N2O3/c1-11-5-3-4-6-14(11)18(10-19)12(2)15(20)16(21)17-9-13-7-8-13/h3-6,10,12-13H,7-9H2,1-2H3,(H,17,21). The average Bonchev–Trinajstić information content (AvgIpc) is 3.30. The third-order valence-corrected chi connectivity index (χ3v) is 3.78. The number of hydrogen-bond acceptors (Lipinski definition) is 3. The summed E-state index contributed by atoms with van der Waals surface area (Å²) in [6.45, 7) is 3.97. The van der Waals surface area contributed by atoms with Crippen LogP contribution in [0.1, 0.15) is 25.3 Å². The molecule has 0 heterocycles. The molecule has 21 heavy (non-hydrogen) atoms. The van der Waals surface area contributed by atoms with Gasteiger partial charge in [-0.05, 0) is 44.2 Å². The number of amides is 2. The van der Waals surface area contributed by atoms with Gasteiger partial charge in [-0.2, -0.15) is 0 Å². The molecule has 0 aliphatic heterocycles. The van der Waals surface area contributed by atoms with Gasteiger partial charge < -0.3 is 10.2 Å². The van der Waals surface area contributed by atoms with Crippen LogP contribution in [-0.4, -0.2) is 30.7 Å². The zero-order valence-corrected chi connectivity index (χ0v) is 12.3. The predicted molar refractivity (Wildman–Crippen MR) is 79.9 cm³/mol. The summed E-state index contributed by atoms with van der Waals surface area (Å²) in [4.78, 5) is 36.6. The van der Waals surface area contributed by atoms with Crippen LogP contribution < -0.4 is 10.2 Å². The maximum Gasteiger partial charge on any atom is 0.289 e. The van der Waals surface area contributed by atoms with E-state index in [9.17, 15) is 14.4 Å². The molecule has 1 saturated carbocycles. The van der Waals surface area contributed by atoms with Crippen molar-refractivity contribution in [3.8, 4) is 0 Å². The van der Waals surface area contributed by atoms with Crippen LogP contribution in [0.15, 0.2) is 24.3 Å². The van der Waals surface area contributed by atoms with E-state index in [-0.39, 0.29) is 0 Å². The predicted octanol–water partition coefficient (Wildman–Crippen LogP) is 1.44. The molecule has 0 radical (unpaired) electrons. The van der Waals surface area contributed by atoms with Gasteiger partial charge in [0.15, 0.2) is 0 Å². The van der Waals surface area contributed by atoms with Crippen LogP contribution in [0.2, 0.25) is 0 Å². The lowest BCUT2D eigenvalue weighted by molar-refractivity contribution is -0.138. The Morgan fingerprint density at radius 3 is 2.62 bits per heavy atom. The van der Waals surface area contributed by atoms with Crippen molar-refractivity contribution in [2.45, 2.75) is 32.7 Å². The third kappa shape index (κ3) is 3.68. The Hall–Kier alpha value is -2.17. The highest BCUT2D eigenvalue weighted by molar-refractivity contribution is 6.39. The van der Waals surface area contributed by atoms with E-state index in [1.807, 2.05) is 19.1 Å². The molecule has 0 bridgehead atoms. The van der Waals surface area contributed by atoms with Crippen molar-refractivity contribution in [3.63, 3.8) is 0 Å². The van der Waals surface area contributed by atoms with Gasteiger partial charge >= 0.3 is 0 Å². The lowest BCUT2D eigenvalue weighted by atomic mass is 10.1. The monoisotopic (exact) mass is 288 g/mol. The summed E-state index contributed by atoms with van der Waals surface area (Å²) < 4.78 is 0. The fraction of sp³-hybridized carbons (Fsp3) is 0.438. The van der Waals surface area contributed by atoms with Gasteiger partial charge in [0, 0.05) is 12.2 Å². The fourth-order valence-electron chi connectivity index (χ4n) is 2.17. The third-order valence-electron chi connectivity index (χ3n) is 3.78. The normalized spacial score (nSPS) is 15.1. The molecule has 1 N–H and O–H groups in total. The van der Waals surface area contributed by atoms with Crippen LogP contribution in [0.5, 0.6) is 0 Å². The highest BCUT2D eigenvalue weighted by Gasteiger charge is 2.29. The highest BCUT2D eigenvalue weighted by Crippen LogP contribution is 2.27. The number of hydrogen-bond donors (Lipinski definition) is 1. The Labute approximate surface area is 124 Å². The topological polar surface area (TPSA) is 66.5 Å². The molecule has 5 nitrogen and oxygen atoms in total. The van der Waals surface area contributed by atoms with Crippen LogP contribution in [0.25, 0.3) is 0 Å². The van der Waals surface area contributed by atoms with Gasteiger partial charge in [-0.1, -0.05) is 18.2 Å². The van der Waals surface area contributed by atoms with Crippen molar-refractivity contribution >= 4 is 23.8 Å². The number of aryl methyl sites for hydroxylation is 1. The molecule has 112 valence electrons. The number of benzene rings is 1. The van der Waals surface area contributed by atoms with Gasteiger partial charge in [0.05, 0.1) is 0 Å². The minimum Gasteiger partial charge on any atom is -0.349 e. The van der Waals surface area contributed by atoms with Crippen molar-refractivity contribution < 1.29 is 14.4 Å². The van der Waals surface area contributed by atoms with Crippen LogP contribution in [0.4, 0.5) is 5.69 Å². The number of carbonyl (C=O) groups is 3. The number of carbonyl (C=O) groups excluding carboxylic acids is 3. The van der Waals surface area contributed by atoms with Gasteiger partial charge in [-0.3, -0.25) is 14.4 Å². The smallest absolute Gasteiger partial charge is 0.289 e. The van der Waals surface area contributed by atoms with E-state index in [1.165, 1.54) is 4.90 Å². The van der Waals surface area contributed by atoms with E-state index in [1.54, 1.807) is 19.1 Å². The second kappa shape index (κ2) is 6.52. The SMILES string of the molecule is Cc1ccccc1N(C=O)C(C)C(=O)C(=O)NCC1CC1. The Morgan fingerprint density at radius 1 is 1.38 bits per heavy atom. The first-order valence-corrected chi connectivity index (χ1v) is 7.16. The molecule has 2 rings (SSSR count). The first-order chi connectivity index (χ1) is 10.0. The van der Waals surface area contributed by atoms with Crippen LogP contribution >= 0.6 is 0 Å². The van der Waals surface area contributed by atoms with Crippen molar-refractivity contribution in [3.05, 3.63) is 29.8 Å². The summed E-state index contributed by atoms with van der Waals surface area (Å²) in [6, 6.07) is 6.45. The maximum atomic E-state index is 12.1. The molecule has 0 aromatic heterocycles. The first kappa shape index (κ1) is 15.2. The molecular weight excluding hydrogens is 268 g/mol. The van der Waals surface area contributed by atoms with Gasteiger partial charge in [0.2, 0.25) is 12.2 Å². The van der Waals surface area contributed by atoms with Gasteiger partial charge in [0.1, 0.15) is 6.04 Å². The Balaban J connectivity index is 2.06. The van der Waals surface area contributed by atoms with E-state index >= 15 is 0 Å². The van der Waals surface area contributed by atoms with E-state index in [0.29, 0.717) is 24.6 Å². The molecular formula is C16H20N2O3. The number of rotatable bonds is 7. The zero-order chi connectivity index (χ0) is 15.4. The number of Topliss-reactive ketones (excluding diaryl/α,β-unsaturated/α-hetero) is 1. The number of anilines is 1. The van der Waals surface area contributed by atoms with Gasteiger partial charge in [0.25, 0.3) is 5.91 Å². The van der Waals surface area contributed by atoms with Crippen molar-refractivity contribution in [1.82, 2.24) is 5.32 Å². The first-order valence-electron chi connectivity index (χ1n) is 7.16. The second-order valence-electron chi connectivity index (χ2n) is 5.49. The minimum atomic E-state index is -0.817. The zero-order valence-electron chi connectivity index (χ0n) is 12.3. The van der Waals surface area contributed by atoms with Crippen LogP contribution in [0, 0.1) is 12.8 Å². The molecule has 1 fully saturated rings. The molecule has 1 aliphatic carbocycles. The lowest BCUT2D eigenvalue weighted by Gasteiger charge is -2.25. The molecule has 2 amide bonds. The number of nitrogens with one attached hydrogen (secondary N) is 1. The lowest BCUT2D eigenvalue weighted by Crippen LogP contribution is -2.46. The van der Waals surface area contributed by atoms with E-state index < -0.39 is 17.7 Å². The molecule has 1 aromatic rings. The van der Waals surface area contributed by atoms with Crippen LogP contribution in [0.3, 0.4) is 0 Å². The summed E-state index contributed by atoms with van der Waals surface area (Å²) in [5, 5.41) is 2.64. The molecule has 0 saturated heterocycles. The molecule has 1 unspecified atom stereocenters. The van der Waals surface area contributed by atoms with Crippen LogP contribution in [-0.2, 0) is 14.4 Å². The van der Waals surface area contributed by atoms with Crippen molar-refractivity contribution in [2.24, 2.45) is 5.92 Å². The molecule has 1 aromatic carbocycles. The summed E-state index contributed by atoms with van der Waals surface area (Å²) in [7, 11) is 0. The fourth-order valence-corrected chi connectivity index (χ4v) is 2.17.